The maximum Gasteiger partial charge on any atom is 0.251 e. The first-order valence-corrected chi connectivity index (χ1v) is 8.60. The van der Waals surface area contributed by atoms with Crippen LogP contribution in [0.5, 0.6) is 0 Å². The van der Waals surface area contributed by atoms with Gasteiger partial charge < -0.3 is 10.2 Å². The van der Waals surface area contributed by atoms with Gasteiger partial charge >= 0.3 is 0 Å². The van der Waals surface area contributed by atoms with Crippen LogP contribution in [0.15, 0.2) is 22.7 Å². The molecule has 3 rings (SSSR count). The second-order valence-electron chi connectivity index (χ2n) is 6.56. The standard InChI is InChI=1S/C17H23BrN2O/c1-11-7-13(3-6-16(11)18)17(21)19-10-12-8-14-4-5-15(9-12)20(14)2/h3,6-7,12,14-15H,4-5,8-10H2,1-2H3,(H,19,21). The number of nitrogens with zero attached hydrogens (tertiary/aromatic N) is 1. The van der Waals surface area contributed by atoms with Gasteiger partial charge in [0.2, 0.25) is 0 Å². The molecule has 1 aromatic rings. The lowest BCUT2D eigenvalue weighted by molar-refractivity contribution is 0.0917. The molecule has 2 fully saturated rings. The first-order valence-electron chi connectivity index (χ1n) is 7.81. The molecule has 1 aromatic carbocycles. The molecule has 2 heterocycles. The Balaban J connectivity index is 1.55. The number of hydrogen-bond acceptors (Lipinski definition) is 2. The Morgan fingerprint density at radius 3 is 2.62 bits per heavy atom. The molecule has 2 bridgehead atoms. The molecule has 0 aliphatic carbocycles. The summed E-state index contributed by atoms with van der Waals surface area (Å²) >= 11 is 3.47. The molecular weight excluding hydrogens is 328 g/mol. The number of piperidine rings is 1. The van der Waals surface area contributed by atoms with E-state index in [-0.39, 0.29) is 5.91 Å². The minimum absolute atomic E-state index is 0.0527. The van der Waals surface area contributed by atoms with Gasteiger partial charge in [0.1, 0.15) is 0 Å². The summed E-state index contributed by atoms with van der Waals surface area (Å²) in [6, 6.07) is 7.24. The molecule has 114 valence electrons. The average molecular weight is 351 g/mol. The number of fused-ring (bicyclic) bond motifs is 2. The number of aryl methyl sites for hydroxylation is 1. The largest absolute Gasteiger partial charge is 0.352 e. The van der Waals surface area contributed by atoms with Crippen molar-refractivity contribution in [2.75, 3.05) is 13.6 Å². The molecule has 2 saturated heterocycles. The normalized spacial score (nSPS) is 28.6. The van der Waals surface area contributed by atoms with Crippen LogP contribution in [0.3, 0.4) is 0 Å². The maximum atomic E-state index is 12.3. The van der Waals surface area contributed by atoms with Crippen LogP contribution < -0.4 is 5.32 Å². The quantitative estimate of drug-likeness (QED) is 0.906. The van der Waals surface area contributed by atoms with Gasteiger partial charge in [-0.25, -0.2) is 0 Å². The van der Waals surface area contributed by atoms with E-state index < -0.39 is 0 Å². The molecule has 1 amide bonds. The fourth-order valence-electron chi connectivity index (χ4n) is 3.82. The van der Waals surface area contributed by atoms with E-state index in [4.69, 9.17) is 0 Å². The van der Waals surface area contributed by atoms with E-state index in [1.807, 2.05) is 25.1 Å². The third kappa shape index (κ3) is 3.16. The third-order valence-corrected chi connectivity index (χ3v) is 6.06. The highest BCUT2D eigenvalue weighted by Gasteiger charge is 2.38. The van der Waals surface area contributed by atoms with Crippen LogP contribution in [-0.2, 0) is 0 Å². The summed E-state index contributed by atoms with van der Waals surface area (Å²) in [5.41, 5.74) is 1.85. The van der Waals surface area contributed by atoms with E-state index >= 15 is 0 Å². The van der Waals surface area contributed by atoms with Crippen LogP contribution in [0.1, 0.15) is 41.6 Å². The van der Waals surface area contributed by atoms with Gasteiger partial charge in [-0.1, -0.05) is 15.9 Å². The molecule has 2 aliphatic rings. The molecule has 1 N–H and O–H groups in total. The second kappa shape index (κ2) is 6.09. The van der Waals surface area contributed by atoms with Crippen molar-refractivity contribution in [1.82, 2.24) is 10.2 Å². The van der Waals surface area contributed by atoms with Gasteiger partial charge in [0.25, 0.3) is 5.91 Å². The van der Waals surface area contributed by atoms with Crippen molar-refractivity contribution < 1.29 is 4.79 Å². The summed E-state index contributed by atoms with van der Waals surface area (Å²) in [5, 5.41) is 3.13. The lowest BCUT2D eigenvalue weighted by Gasteiger charge is -2.36. The highest BCUT2D eigenvalue weighted by Crippen LogP contribution is 2.37. The van der Waals surface area contributed by atoms with Crippen LogP contribution in [-0.4, -0.2) is 36.5 Å². The van der Waals surface area contributed by atoms with Gasteiger partial charge in [-0.15, -0.1) is 0 Å². The topological polar surface area (TPSA) is 32.3 Å². The maximum absolute atomic E-state index is 12.3. The Hall–Kier alpha value is -0.870. The van der Waals surface area contributed by atoms with Gasteiger partial charge in [-0.3, -0.25) is 4.79 Å². The van der Waals surface area contributed by atoms with Crippen LogP contribution in [0.4, 0.5) is 0 Å². The first-order chi connectivity index (χ1) is 10.0. The Morgan fingerprint density at radius 2 is 2.00 bits per heavy atom. The Bertz CT molecular complexity index is 532. The Labute approximate surface area is 135 Å². The van der Waals surface area contributed by atoms with E-state index in [9.17, 15) is 4.79 Å². The van der Waals surface area contributed by atoms with Crippen molar-refractivity contribution >= 4 is 21.8 Å². The van der Waals surface area contributed by atoms with E-state index in [2.05, 4.69) is 33.2 Å². The van der Waals surface area contributed by atoms with Crippen molar-refractivity contribution in [3.63, 3.8) is 0 Å². The summed E-state index contributed by atoms with van der Waals surface area (Å²) in [6.45, 7) is 2.82. The molecule has 0 saturated carbocycles. The summed E-state index contributed by atoms with van der Waals surface area (Å²) in [5.74, 6) is 0.691. The van der Waals surface area contributed by atoms with Crippen molar-refractivity contribution in [3.8, 4) is 0 Å². The van der Waals surface area contributed by atoms with E-state index in [0.717, 1.165) is 34.2 Å². The van der Waals surface area contributed by atoms with Crippen LogP contribution in [0.25, 0.3) is 0 Å². The fourth-order valence-corrected chi connectivity index (χ4v) is 4.06. The molecule has 2 aliphatic heterocycles. The van der Waals surface area contributed by atoms with Gasteiger partial charge in [-0.2, -0.15) is 0 Å². The zero-order valence-corrected chi connectivity index (χ0v) is 14.3. The number of hydrogen-bond donors (Lipinski definition) is 1. The SMILES string of the molecule is Cc1cc(C(=O)NCC2CC3CCC(C2)N3C)ccc1Br. The Kier molecular flexibility index (Phi) is 4.36. The molecule has 4 heteroatoms. The van der Waals surface area contributed by atoms with E-state index in [0.29, 0.717) is 5.92 Å². The van der Waals surface area contributed by atoms with Crippen molar-refractivity contribution in [2.24, 2.45) is 5.92 Å². The minimum atomic E-state index is 0.0527. The third-order valence-electron chi connectivity index (χ3n) is 5.17. The van der Waals surface area contributed by atoms with Gasteiger partial charge in [0.15, 0.2) is 0 Å². The molecule has 2 unspecified atom stereocenters. The molecule has 21 heavy (non-hydrogen) atoms. The zero-order valence-electron chi connectivity index (χ0n) is 12.7. The number of amides is 1. The summed E-state index contributed by atoms with van der Waals surface area (Å²) in [7, 11) is 2.25. The van der Waals surface area contributed by atoms with Crippen molar-refractivity contribution in [3.05, 3.63) is 33.8 Å². The van der Waals surface area contributed by atoms with Crippen LogP contribution in [0.2, 0.25) is 0 Å². The van der Waals surface area contributed by atoms with Gasteiger partial charge in [-0.05, 0) is 69.3 Å². The minimum Gasteiger partial charge on any atom is -0.352 e. The number of rotatable bonds is 3. The van der Waals surface area contributed by atoms with Gasteiger partial charge in [0.05, 0.1) is 0 Å². The van der Waals surface area contributed by atoms with E-state index in [1.165, 1.54) is 25.7 Å². The summed E-state index contributed by atoms with van der Waals surface area (Å²) in [6.07, 6.45) is 5.12. The highest BCUT2D eigenvalue weighted by molar-refractivity contribution is 9.10. The predicted molar refractivity (Wildman–Crippen MR) is 88.5 cm³/mol. The average Bonchev–Trinajstić information content (AvgIpc) is 2.69. The monoisotopic (exact) mass is 350 g/mol. The number of carbonyl (C=O) groups is 1. The predicted octanol–water partition coefficient (Wildman–Crippen LogP) is 3.36. The molecule has 0 aromatic heterocycles. The van der Waals surface area contributed by atoms with E-state index in [1.54, 1.807) is 0 Å². The second-order valence-corrected chi connectivity index (χ2v) is 7.42. The van der Waals surface area contributed by atoms with Crippen molar-refractivity contribution in [1.29, 1.82) is 0 Å². The lowest BCUT2D eigenvalue weighted by atomic mass is 9.91. The number of halogens is 1. The Morgan fingerprint density at radius 1 is 1.33 bits per heavy atom. The molecule has 0 radical (unpaired) electrons. The summed E-state index contributed by atoms with van der Waals surface area (Å²) in [4.78, 5) is 14.8. The summed E-state index contributed by atoms with van der Waals surface area (Å²) < 4.78 is 1.05. The zero-order chi connectivity index (χ0) is 15.0. The highest BCUT2D eigenvalue weighted by atomic mass is 79.9. The molecular formula is C17H23BrN2O. The van der Waals surface area contributed by atoms with Crippen LogP contribution >= 0.6 is 15.9 Å². The number of benzene rings is 1. The molecule has 0 spiro atoms. The van der Waals surface area contributed by atoms with Crippen molar-refractivity contribution in [2.45, 2.75) is 44.7 Å². The number of nitrogens with one attached hydrogen (secondary N) is 1. The smallest absolute Gasteiger partial charge is 0.251 e. The lowest BCUT2D eigenvalue weighted by Crippen LogP contribution is -2.43. The fraction of sp³-hybridized carbons (Fsp3) is 0.588. The molecule has 2 atom stereocenters. The first kappa shape index (κ1) is 15.0. The van der Waals surface area contributed by atoms with Crippen LogP contribution in [0, 0.1) is 12.8 Å². The molecule has 3 nitrogen and oxygen atoms in total. The van der Waals surface area contributed by atoms with Gasteiger partial charge in [0, 0.05) is 28.7 Å². The number of carbonyl (C=O) groups excluding carboxylic acids is 1.